The number of nitrogens with one attached hydrogen (secondary N) is 1. The zero-order valence-electron chi connectivity index (χ0n) is 10.3. The van der Waals surface area contributed by atoms with Gasteiger partial charge in [-0.1, -0.05) is 13.0 Å². The van der Waals surface area contributed by atoms with Crippen molar-refractivity contribution >= 4 is 0 Å². The lowest BCUT2D eigenvalue weighted by atomic mass is 9.82. The van der Waals surface area contributed by atoms with Crippen molar-refractivity contribution in [1.29, 1.82) is 0 Å². The first-order chi connectivity index (χ1) is 8.63. The van der Waals surface area contributed by atoms with Crippen molar-refractivity contribution < 1.29 is 19.7 Å². The van der Waals surface area contributed by atoms with Gasteiger partial charge in [-0.2, -0.15) is 0 Å². The summed E-state index contributed by atoms with van der Waals surface area (Å²) in [7, 11) is 0. The Morgan fingerprint density at radius 1 is 1.39 bits per heavy atom. The molecule has 1 unspecified atom stereocenters. The van der Waals surface area contributed by atoms with Crippen LogP contribution >= 0.6 is 0 Å². The maximum Gasteiger partial charge on any atom is 0.117 e. The molecule has 0 aliphatic heterocycles. The second-order valence-corrected chi connectivity index (χ2v) is 4.68. The van der Waals surface area contributed by atoms with Crippen LogP contribution in [0.1, 0.15) is 12.7 Å². The average molecular weight is 253 g/mol. The number of rotatable bonds is 4. The van der Waals surface area contributed by atoms with Crippen molar-refractivity contribution in [1.82, 2.24) is 5.32 Å². The monoisotopic (exact) mass is 253 g/mol. The summed E-state index contributed by atoms with van der Waals surface area (Å²) in [5.74, 6) is 0.464. The van der Waals surface area contributed by atoms with E-state index in [0.29, 0.717) is 12.1 Å². The molecule has 4 N–H and O–H groups in total. The van der Waals surface area contributed by atoms with Crippen LogP contribution in [0.5, 0.6) is 0 Å². The van der Waals surface area contributed by atoms with E-state index in [1.807, 2.05) is 6.07 Å². The molecular formula is C13H19NO4. The molecule has 5 nitrogen and oxygen atoms in total. The Morgan fingerprint density at radius 3 is 2.78 bits per heavy atom. The molecule has 0 amide bonds. The number of hydrogen-bond donors (Lipinski definition) is 4. The van der Waals surface area contributed by atoms with Gasteiger partial charge in [0.25, 0.3) is 0 Å². The first kappa shape index (κ1) is 13.3. The van der Waals surface area contributed by atoms with E-state index in [4.69, 9.17) is 4.42 Å². The van der Waals surface area contributed by atoms with Gasteiger partial charge in [-0.05, 0) is 17.7 Å². The molecule has 5 heteroatoms. The summed E-state index contributed by atoms with van der Waals surface area (Å²) in [6.07, 6.45) is 1.81. The molecule has 1 aromatic rings. The van der Waals surface area contributed by atoms with Crippen molar-refractivity contribution in [2.75, 3.05) is 6.61 Å². The molecule has 0 saturated carbocycles. The predicted octanol–water partition coefficient (Wildman–Crippen LogP) is 0.0280. The minimum Gasteiger partial charge on any atom is -0.468 e. The van der Waals surface area contributed by atoms with Crippen LogP contribution in [-0.2, 0) is 6.54 Å². The van der Waals surface area contributed by atoms with Gasteiger partial charge in [0.2, 0.25) is 0 Å². The third-order valence-corrected chi connectivity index (χ3v) is 3.45. The first-order valence-electron chi connectivity index (χ1n) is 6.07. The molecule has 4 atom stereocenters. The first-order valence-corrected chi connectivity index (χ1v) is 6.07. The fourth-order valence-electron chi connectivity index (χ4n) is 2.24. The van der Waals surface area contributed by atoms with Crippen LogP contribution in [0.25, 0.3) is 0 Å². The molecular weight excluding hydrogens is 234 g/mol. The molecule has 0 aromatic carbocycles. The molecule has 1 aromatic heterocycles. The van der Waals surface area contributed by atoms with Crippen LogP contribution in [0.4, 0.5) is 0 Å². The van der Waals surface area contributed by atoms with Crippen LogP contribution in [0, 0.1) is 5.92 Å². The van der Waals surface area contributed by atoms with Gasteiger partial charge in [0.1, 0.15) is 5.76 Å². The Morgan fingerprint density at radius 2 is 2.17 bits per heavy atom. The van der Waals surface area contributed by atoms with Crippen molar-refractivity contribution in [3.63, 3.8) is 0 Å². The highest BCUT2D eigenvalue weighted by atomic mass is 16.3. The highest BCUT2D eigenvalue weighted by molar-refractivity contribution is 5.20. The number of furan rings is 1. The molecule has 0 radical (unpaired) electrons. The maximum absolute atomic E-state index is 10.1. The summed E-state index contributed by atoms with van der Waals surface area (Å²) in [6, 6.07) is 3.35. The molecule has 0 bridgehead atoms. The van der Waals surface area contributed by atoms with Crippen LogP contribution in [0.3, 0.4) is 0 Å². The molecule has 0 saturated heterocycles. The van der Waals surface area contributed by atoms with Gasteiger partial charge >= 0.3 is 0 Å². The highest BCUT2D eigenvalue weighted by Crippen LogP contribution is 2.25. The Balaban J connectivity index is 2.04. The largest absolute Gasteiger partial charge is 0.468 e. The minimum absolute atomic E-state index is 0.197. The smallest absolute Gasteiger partial charge is 0.117 e. The zero-order valence-corrected chi connectivity index (χ0v) is 10.3. The van der Waals surface area contributed by atoms with E-state index in [9.17, 15) is 15.3 Å². The van der Waals surface area contributed by atoms with Crippen molar-refractivity contribution in [3.05, 3.63) is 35.8 Å². The molecule has 2 rings (SSSR count). The van der Waals surface area contributed by atoms with Gasteiger partial charge in [-0.25, -0.2) is 0 Å². The van der Waals surface area contributed by atoms with E-state index in [1.54, 1.807) is 25.3 Å². The van der Waals surface area contributed by atoms with E-state index in [0.717, 1.165) is 5.76 Å². The molecule has 0 spiro atoms. The second-order valence-electron chi connectivity index (χ2n) is 4.68. The fourth-order valence-corrected chi connectivity index (χ4v) is 2.24. The number of aliphatic hydroxyl groups excluding tert-OH is 3. The van der Waals surface area contributed by atoms with Gasteiger partial charge in [0, 0.05) is 5.92 Å². The average Bonchev–Trinajstić information content (AvgIpc) is 2.88. The summed E-state index contributed by atoms with van der Waals surface area (Å²) in [4.78, 5) is 0. The van der Waals surface area contributed by atoms with Crippen LogP contribution in [-0.4, -0.2) is 40.2 Å². The normalized spacial score (nSPS) is 32.3. The number of hydrogen-bond acceptors (Lipinski definition) is 5. The minimum atomic E-state index is -0.785. The standard InChI is InChI=1S/C13H19NO4/c1-8-12(16)9(7-15)5-11(13(8)17)14-6-10-3-2-4-18-10/h2-5,8,11-17H,6-7H2,1H3/t8?,11-,12-,13+/m0/s1. The van der Waals surface area contributed by atoms with Gasteiger partial charge in [0.05, 0.1) is 37.7 Å². The fraction of sp³-hybridized carbons (Fsp3) is 0.538. The van der Waals surface area contributed by atoms with Crippen molar-refractivity contribution in [2.24, 2.45) is 5.92 Å². The Labute approximate surface area is 106 Å². The lowest BCUT2D eigenvalue weighted by Gasteiger charge is -2.35. The van der Waals surface area contributed by atoms with Gasteiger partial charge in [-0.15, -0.1) is 0 Å². The molecule has 1 aliphatic rings. The topological polar surface area (TPSA) is 85.9 Å². The SMILES string of the molecule is CC1[C@H](O)C(CO)=C[C@H](NCc2ccco2)[C@@H]1O. The Hall–Kier alpha value is -1.14. The molecule has 1 aliphatic carbocycles. The molecule has 100 valence electrons. The van der Waals surface area contributed by atoms with Crippen molar-refractivity contribution in [3.8, 4) is 0 Å². The van der Waals surface area contributed by atoms with Crippen LogP contribution in [0.2, 0.25) is 0 Å². The molecule has 0 fully saturated rings. The zero-order chi connectivity index (χ0) is 13.1. The summed E-state index contributed by atoms with van der Waals surface area (Å²) in [5.41, 5.74) is 0.546. The predicted molar refractivity (Wildman–Crippen MR) is 65.7 cm³/mol. The van der Waals surface area contributed by atoms with Crippen molar-refractivity contribution in [2.45, 2.75) is 31.7 Å². The van der Waals surface area contributed by atoms with Crippen LogP contribution in [0.15, 0.2) is 34.5 Å². The van der Waals surface area contributed by atoms with E-state index < -0.39 is 12.2 Å². The van der Waals surface area contributed by atoms with Gasteiger partial charge < -0.3 is 25.1 Å². The highest BCUT2D eigenvalue weighted by Gasteiger charge is 2.34. The van der Waals surface area contributed by atoms with Gasteiger partial charge in [0.15, 0.2) is 0 Å². The lowest BCUT2D eigenvalue weighted by molar-refractivity contribution is 0.00971. The van der Waals surface area contributed by atoms with Crippen LogP contribution < -0.4 is 5.32 Å². The molecule has 18 heavy (non-hydrogen) atoms. The van der Waals surface area contributed by atoms with E-state index >= 15 is 0 Å². The summed E-state index contributed by atoms with van der Waals surface area (Å²) < 4.78 is 5.20. The Kier molecular flexibility index (Phi) is 4.19. The molecule has 1 heterocycles. The summed E-state index contributed by atoms with van der Waals surface area (Å²) in [5, 5.41) is 32.2. The second kappa shape index (κ2) is 5.67. The number of aliphatic hydroxyl groups is 3. The quantitative estimate of drug-likeness (QED) is 0.569. The van der Waals surface area contributed by atoms with E-state index in [-0.39, 0.29) is 18.6 Å². The summed E-state index contributed by atoms with van der Waals surface area (Å²) >= 11 is 0. The Bertz CT molecular complexity index is 401. The van der Waals surface area contributed by atoms with E-state index in [1.165, 1.54) is 0 Å². The maximum atomic E-state index is 10.1. The third kappa shape index (κ3) is 2.64. The third-order valence-electron chi connectivity index (χ3n) is 3.45. The lowest BCUT2D eigenvalue weighted by Crippen LogP contribution is -2.49. The summed E-state index contributed by atoms with van der Waals surface area (Å²) in [6.45, 7) is 2.06. The van der Waals surface area contributed by atoms with Gasteiger partial charge in [-0.3, -0.25) is 0 Å². The van der Waals surface area contributed by atoms with E-state index in [2.05, 4.69) is 5.32 Å².